The second-order valence-electron chi connectivity index (χ2n) is 4.55. The van der Waals surface area contributed by atoms with E-state index in [4.69, 9.17) is 10.5 Å². The van der Waals surface area contributed by atoms with E-state index in [-0.39, 0.29) is 11.9 Å². The third-order valence-corrected chi connectivity index (χ3v) is 5.98. The zero-order valence-electron chi connectivity index (χ0n) is 10.1. The van der Waals surface area contributed by atoms with Gasteiger partial charge in [-0.05, 0) is 31.0 Å². The summed E-state index contributed by atoms with van der Waals surface area (Å²) in [6.07, 6.45) is 0.339. The van der Waals surface area contributed by atoms with Gasteiger partial charge in [0.2, 0.25) is 0 Å². The zero-order valence-corrected chi connectivity index (χ0v) is 12.5. The molecule has 18 heavy (non-hydrogen) atoms. The molecule has 1 aliphatic heterocycles. The predicted molar refractivity (Wildman–Crippen MR) is 75.0 cm³/mol. The molecule has 1 aromatic rings. The standard InChI is InChI=1S/C12H16BrNO3S/c1-8-12(4-5-17-8)18(15,16)7-9-2-3-10(13)6-11(9)14/h2-3,6,8,12H,4-5,7,14H2,1H3. The van der Waals surface area contributed by atoms with Crippen molar-refractivity contribution in [1.29, 1.82) is 0 Å². The van der Waals surface area contributed by atoms with Gasteiger partial charge in [-0.1, -0.05) is 22.0 Å². The smallest absolute Gasteiger partial charge is 0.159 e. The van der Waals surface area contributed by atoms with E-state index in [1.54, 1.807) is 25.1 Å². The first-order valence-corrected chi connectivity index (χ1v) is 8.28. The van der Waals surface area contributed by atoms with Crippen molar-refractivity contribution in [2.45, 2.75) is 30.5 Å². The maximum atomic E-state index is 12.3. The van der Waals surface area contributed by atoms with Crippen LogP contribution in [0.15, 0.2) is 22.7 Å². The Balaban J connectivity index is 2.22. The lowest BCUT2D eigenvalue weighted by Gasteiger charge is -2.15. The molecule has 0 saturated carbocycles. The molecule has 1 heterocycles. The number of halogens is 1. The van der Waals surface area contributed by atoms with Crippen molar-refractivity contribution in [3.8, 4) is 0 Å². The van der Waals surface area contributed by atoms with Crippen LogP contribution in [0.3, 0.4) is 0 Å². The lowest BCUT2D eigenvalue weighted by atomic mass is 10.2. The van der Waals surface area contributed by atoms with Crippen LogP contribution in [0.5, 0.6) is 0 Å². The zero-order chi connectivity index (χ0) is 13.3. The summed E-state index contributed by atoms with van der Waals surface area (Å²) in [6.45, 7) is 2.32. The van der Waals surface area contributed by atoms with Crippen LogP contribution in [0, 0.1) is 0 Å². The molecule has 2 atom stereocenters. The highest BCUT2D eigenvalue weighted by Gasteiger charge is 2.35. The molecule has 0 aromatic heterocycles. The van der Waals surface area contributed by atoms with Crippen molar-refractivity contribution in [2.75, 3.05) is 12.3 Å². The number of nitrogens with two attached hydrogens (primary N) is 1. The van der Waals surface area contributed by atoms with Crippen molar-refractivity contribution in [3.63, 3.8) is 0 Å². The lowest BCUT2D eigenvalue weighted by Crippen LogP contribution is -2.29. The third kappa shape index (κ3) is 2.87. The van der Waals surface area contributed by atoms with E-state index in [1.807, 2.05) is 0 Å². The Morgan fingerprint density at radius 3 is 2.78 bits per heavy atom. The van der Waals surface area contributed by atoms with Crippen LogP contribution in [-0.2, 0) is 20.3 Å². The van der Waals surface area contributed by atoms with E-state index in [2.05, 4.69) is 15.9 Å². The van der Waals surface area contributed by atoms with E-state index in [9.17, 15) is 8.42 Å². The summed E-state index contributed by atoms with van der Waals surface area (Å²) < 4.78 is 30.8. The van der Waals surface area contributed by atoms with E-state index in [0.717, 1.165) is 4.47 Å². The molecular weight excluding hydrogens is 318 g/mol. The molecule has 1 saturated heterocycles. The first-order chi connectivity index (χ1) is 8.40. The van der Waals surface area contributed by atoms with Crippen LogP contribution in [0.2, 0.25) is 0 Å². The Labute approximate surface area is 116 Å². The first-order valence-electron chi connectivity index (χ1n) is 5.77. The van der Waals surface area contributed by atoms with Gasteiger partial charge < -0.3 is 10.5 Å². The molecule has 2 unspecified atom stereocenters. The molecule has 100 valence electrons. The molecular formula is C12H16BrNO3S. The molecule has 0 spiro atoms. The van der Waals surface area contributed by atoms with Crippen LogP contribution in [0.1, 0.15) is 18.9 Å². The molecule has 2 rings (SSSR count). The van der Waals surface area contributed by atoms with Gasteiger partial charge in [0.05, 0.1) is 17.1 Å². The third-order valence-electron chi connectivity index (χ3n) is 3.23. The maximum Gasteiger partial charge on any atom is 0.159 e. The maximum absolute atomic E-state index is 12.3. The molecule has 0 amide bonds. The van der Waals surface area contributed by atoms with E-state index >= 15 is 0 Å². The molecule has 6 heteroatoms. The fourth-order valence-corrected chi connectivity index (χ4v) is 4.61. The van der Waals surface area contributed by atoms with Crippen LogP contribution in [0.4, 0.5) is 5.69 Å². The average Bonchev–Trinajstić information content (AvgIpc) is 2.69. The van der Waals surface area contributed by atoms with Gasteiger partial charge in [-0.3, -0.25) is 0 Å². The van der Waals surface area contributed by atoms with Gasteiger partial charge in [-0.25, -0.2) is 8.42 Å². The van der Waals surface area contributed by atoms with Gasteiger partial charge in [-0.2, -0.15) is 0 Å². The molecule has 1 aromatic carbocycles. The Hall–Kier alpha value is -0.590. The van der Waals surface area contributed by atoms with Gasteiger partial charge in [0, 0.05) is 16.8 Å². The number of hydrogen-bond donors (Lipinski definition) is 1. The fourth-order valence-electron chi connectivity index (χ4n) is 2.20. The summed E-state index contributed by atoms with van der Waals surface area (Å²) in [6, 6.07) is 5.27. The van der Waals surface area contributed by atoms with Gasteiger partial charge in [-0.15, -0.1) is 0 Å². The molecule has 4 nitrogen and oxygen atoms in total. The largest absolute Gasteiger partial charge is 0.398 e. The number of rotatable bonds is 3. The quantitative estimate of drug-likeness (QED) is 0.860. The topological polar surface area (TPSA) is 69.4 Å². The van der Waals surface area contributed by atoms with Crippen LogP contribution < -0.4 is 5.73 Å². The molecule has 0 radical (unpaired) electrons. The van der Waals surface area contributed by atoms with Crippen molar-refractivity contribution in [3.05, 3.63) is 28.2 Å². The number of benzene rings is 1. The highest BCUT2D eigenvalue weighted by atomic mass is 79.9. The van der Waals surface area contributed by atoms with Crippen LogP contribution in [0.25, 0.3) is 0 Å². The number of anilines is 1. The highest BCUT2D eigenvalue weighted by molar-refractivity contribution is 9.10. The molecule has 1 fully saturated rings. The summed E-state index contributed by atoms with van der Waals surface area (Å²) in [5, 5.41) is -0.416. The van der Waals surface area contributed by atoms with E-state index < -0.39 is 15.1 Å². The summed E-state index contributed by atoms with van der Waals surface area (Å²) in [5.74, 6) is -0.0233. The van der Waals surface area contributed by atoms with Gasteiger partial charge in [0.1, 0.15) is 0 Å². The Morgan fingerprint density at radius 1 is 1.50 bits per heavy atom. The molecule has 2 N–H and O–H groups in total. The van der Waals surface area contributed by atoms with Gasteiger partial charge in [0.15, 0.2) is 9.84 Å². The second-order valence-corrected chi connectivity index (χ2v) is 7.69. The van der Waals surface area contributed by atoms with E-state index in [1.165, 1.54) is 0 Å². The number of ether oxygens (including phenoxy) is 1. The number of hydrogen-bond acceptors (Lipinski definition) is 4. The first kappa shape index (κ1) is 13.8. The van der Waals surface area contributed by atoms with Crippen LogP contribution >= 0.6 is 15.9 Å². The molecule has 1 aliphatic rings. The monoisotopic (exact) mass is 333 g/mol. The summed E-state index contributed by atoms with van der Waals surface area (Å²) in [7, 11) is -3.22. The number of sulfone groups is 1. The average molecular weight is 334 g/mol. The minimum absolute atomic E-state index is 0.0233. The highest BCUT2D eigenvalue weighted by Crippen LogP contribution is 2.27. The Morgan fingerprint density at radius 2 is 2.22 bits per heavy atom. The van der Waals surface area contributed by atoms with Crippen molar-refractivity contribution < 1.29 is 13.2 Å². The van der Waals surface area contributed by atoms with Gasteiger partial charge >= 0.3 is 0 Å². The minimum Gasteiger partial charge on any atom is -0.398 e. The summed E-state index contributed by atoms with van der Waals surface area (Å²) >= 11 is 3.30. The number of nitrogen functional groups attached to an aromatic ring is 1. The fraction of sp³-hybridized carbons (Fsp3) is 0.500. The predicted octanol–water partition coefficient (Wildman–Crippen LogP) is 2.12. The lowest BCUT2D eigenvalue weighted by molar-refractivity contribution is 0.126. The second kappa shape index (κ2) is 5.19. The minimum atomic E-state index is -3.22. The van der Waals surface area contributed by atoms with Crippen molar-refractivity contribution in [2.24, 2.45) is 0 Å². The van der Waals surface area contributed by atoms with Crippen molar-refractivity contribution in [1.82, 2.24) is 0 Å². The molecule has 0 aliphatic carbocycles. The SMILES string of the molecule is CC1OCCC1S(=O)(=O)Cc1ccc(Br)cc1N. The van der Waals surface area contributed by atoms with Crippen molar-refractivity contribution >= 4 is 31.5 Å². The summed E-state index contributed by atoms with van der Waals surface area (Å²) in [5.41, 5.74) is 6.99. The van der Waals surface area contributed by atoms with Gasteiger partial charge in [0.25, 0.3) is 0 Å². The normalized spacial score (nSPS) is 24.3. The molecule has 0 bridgehead atoms. The Bertz CT molecular complexity index is 544. The summed E-state index contributed by atoms with van der Waals surface area (Å²) in [4.78, 5) is 0. The Kier molecular flexibility index (Phi) is 3.99. The van der Waals surface area contributed by atoms with E-state index in [0.29, 0.717) is 24.3 Å². The van der Waals surface area contributed by atoms with Crippen LogP contribution in [-0.4, -0.2) is 26.4 Å².